The molecule has 1 aromatic rings. The van der Waals surface area contributed by atoms with Crippen LogP contribution in [0.25, 0.3) is 0 Å². The first kappa shape index (κ1) is 11.5. The normalized spacial score (nSPS) is 17.1. The molecule has 2 rings (SSSR count). The van der Waals surface area contributed by atoms with Crippen molar-refractivity contribution < 1.29 is 4.92 Å². The summed E-state index contributed by atoms with van der Waals surface area (Å²) in [6, 6.07) is 5.17. The quantitative estimate of drug-likeness (QED) is 0.683. The average molecular weight is 285 g/mol. The molecule has 1 saturated carbocycles. The molecule has 0 unspecified atom stereocenters. The molecule has 1 fully saturated rings. The van der Waals surface area contributed by atoms with Crippen molar-refractivity contribution in [2.45, 2.75) is 24.7 Å². The van der Waals surface area contributed by atoms with Crippen molar-refractivity contribution in [2.24, 2.45) is 5.73 Å². The van der Waals surface area contributed by atoms with E-state index in [0.717, 1.165) is 29.3 Å². The number of nitrogens with two attached hydrogens (primary N) is 1. The minimum Gasteiger partial charge on any atom is -0.330 e. The predicted octanol–water partition coefficient (Wildman–Crippen LogP) is 2.74. The Morgan fingerprint density at radius 2 is 2.12 bits per heavy atom. The summed E-state index contributed by atoms with van der Waals surface area (Å²) in [7, 11) is 0. The molecule has 0 spiro atoms. The fourth-order valence-corrected chi connectivity index (χ4v) is 2.58. The highest BCUT2D eigenvalue weighted by Crippen LogP contribution is 2.51. The zero-order valence-electron chi connectivity index (χ0n) is 8.78. The van der Waals surface area contributed by atoms with E-state index in [9.17, 15) is 10.1 Å². The van der Waals surface area contributed by atoms with E-state index in [2.05, 4.69) is 15.9 Å². The molecule has 5 heteroatoms. The lowest BCUT2D eigenvalue weighted by atomic mass is 9.92. The van der Waals surface area contributed by atoms with Crippen LogP contribution in [0.15, 0.2) is 22.7 Å². The van der Waals surface area contributed by atoms with E-state index in [1.807, 2.05) is 6.07 Å². The molecule has 0 radical (unpaired) electrons. The van der Waals surface area contributed by atoms with E-state index in [-0.39, 0.29) is 16.0 Å². The van der Waals surface area contributed by atoms with Gasteiger partial charge in [0.1, 0.15) is 0 Å². The fourth-order valence-electron chi connectivity index (χ4n) is 2.10. The van der Waals surface area contributed by atoms with Crippen LogP contribution < -0.4 is 5.73 Å². The molecule has 0 aliphatic heterocycles. The van der Waals surface area contributed by atoms with Gasteiger partial charge in [0.25, 0.3) is 5.69 Å². The largest absolute Gasteiger partial charge is 0.330 e. The molecule has 16 heavy (non-hydrogen) atoms. The smallest absolute Gasteiger partial charge is 0.270 e. The molecule has 86 valence electrons. The first-order chi connectivity index (χ1) is 7.57. The van der Waals surface area contributed by atoms with Crippen LogP contribution in [-0.4, -0.2) is 11.5 Å². The molecule has 1 aliphatic carbocycles. The molecule has 0 bridgehead atoms. The molecule has 1 aliphatic rings. The minimum atomic E-state index is -0.354. The van der Waals surface area contributed by atoms with Crippen molar-refractivity contribution in [1.29, 1.82) is 0 Å². The first-order valence-corrected chi connectivity index (χ1v) is 6.02. The Labute approximate surface area is 102 Å². The second-order valence-corrected chi connectivity index (χ2v) is 5.19. The van der Waals surface area contributed by atoms with Crippen LogP contribution in [0, 0.1) is 10.1 Å². The van der Waals surface area contributed by atoms with Crippen molar-refractivity contribution in [3.8, 4) is 0 Å². The van der Waals surface area contributed by atoms with Gasteiger partial charge in [0.15, 0.2) is 0 Å². The van der Waals surface area contributed by atoms with Crippen LogP contribution in [0.4, 0.5) is 5.69 Å². The molecule has 2 N–H and O–H groups in total. The molecule has 4 nitrogen and oxygen atoms in total. The topological polar surface area (TPSA) is 69.2 Å². The van der Waals surface area contributed by atoms with Gasteiger partial charge in [-0.2, -0.15) is 0 Å². The van der Waals surface area contributed by atoms with Gasteiger partial charge >= 0.3 is 0 Å². The number of non-ortho nitro benzene ring substituents is 1. The third-order valence-corrected chi connectivity index (χ3v) is 3.64. The predicted molar refractivity (Wildman–Crippen MR) is 65.4 cm³/mol. The summed E-state index contributed by atoms with van der Waals surface area (Å²) in [6.45, 7) is 0.625. The number of nitro benzene ring substituents is 1. The van der Waals surface area contributed by atoms with Crippen LogP contribution in [-0.2, 0) is 5.41 Å². The van der Waals surface area contributed by atoms with Gasteiger partial charge in [0.05, 0.1) is 4.92 Å². The van der Waals surface area contributed by atoms with Gasteiger partial charge < -0.3 is 5.73 Å². The summed E-state index contributed by atoms with van der Waals surface area (Å²) < 4.78 is 0.764. The van der Waals surface area contributed by atoms with Gasteiger partial charge in [-0.3, -0.25) is 10.1 Å². The van der Waals surface area contributed by atoms with Gasteiger partial charge in [0, 0.05) is 16.6 Å². The summed E-state index contributed by atoms with van der Waals surface area (Å²) in [5, 5.41) is 10.8. The highest BCUT2D eigenvalue weighted by molar-refractivity contribution is 9.10. The van der Waals surface area contributed by atoms with Gasteiger partial charge in [-0.05, 0) is 42.9 Å². The maximum atomic E-state index is 10.8. The van der Waals surface area contributed by atoms with Gasteiger partial charge in [-0.25, -0.2) is 0 Å². The van der Waals surface area contributed by atoms with Crippen molar-refractivity contribution in [3.05, 3.63) is 38.3 Å². The summed E-state index contributed by atoms with van der Waals surface area (Å²) in [4.78, 5) is 10.4. The number of nitrogens with zero attached hydrogens (tertiary/aromatic N) is 1. The van der Waals surface area contributed by atoms with Crippen molar-refractivity contribution in [3.63, 3.8) is 0 Å². The molecule has 1 aromatic carbocycles. The number of nitro groups is 1. The molecular formula is C11H13BrN2O2. The lowest BCUT2D eigenvalue weighted by Gasteiger charge is -2.14. The first-order valence-electron chi connectivity index (χ1n) is 5.23. The highest BCUT2D eigenvalue weighted by Gasteiger charge is 2.43. The Balaban J connectivity index is 2.38. The third kappa shape index (κ3) is 2.10. The molecule has 0 heterocycles. The lowest BCUT2D eigenvalue weighted by molar-refractivity contribution is -0.385. The summed E-state index contributed by atoms with van der Waals surface area (Å²) >= 11 is 3.32. The zero-order valence-corrected chi connectivity index (χ0v) is 10.4. The van der Waals surface area contributed by atoms with Gasteiger partial charge in [-0.15, -0.1) is 0 Å². The van der Waals surface area contributed by atoms with E-state index < -0.39 is 0 Å². The Bertz CT molecular complexity index is 430. The highest BCUT2D eigenvalue weighted by atomic mass is 79.9. The van der Waals surface area contributed by atoms with E-state index in [1.165, 1.54) is 6.07 Å². The second-order valence-electron chi connectivity index (χ2n) is 4.27. The number of halogens is 1. The number of benzene rings is 1. The molecule has 0 saturated heterocycles. The second kappa shape index (κ2) is 4.14. The van der Waals surface area contributed by atoms with Crippen LogP contribution in [0.5, 0.6) is 0 Å². The van der Waals surface area contributed by atoms with E-state index in [4.69, 9.17) is 5.73 Å². The summed E-state index contributed by atoms with van der Waals surface area (Å²) in [5.41, 5.74) is 6.87. The standard InChI is InChI=1S/C11H13BrN2O2/c12-9-5-8(6-10(7-9)14(15)16)11(1-2-11)3-4-13/h5-7H,1-4,13H2. The maximum absolute atomic E-state index is 10.8. The number of hydrogen-bond donors (Lipinski definition) is 1. The van der Waals surface area contributed by atoms with Crippen LogP contribution in [0.3, 0.4) is 0 Å². The van der Waals surface area contributed by atoms with Crippen LogP contribution in [0.2, 0.25) is 0 Å². The SMILES string of the molecule is NCCC1(c2cc(Br)cc([N+](=O)[O-])c2)CC1. The minimum absolute atomic E-state index is 0.100. The molecular weight excluding hydrogens is 272 g/mol. The van der Waals surface area contributed by atoms with E-state index in [1.54, 1.807) is 6.07 Å². The zero-order chi connectivity index (χ0) is 11.8. The Morgan fingerprint density at radius 3 is 2.62 bits per heavy atom. The Hall–Kier alpha value is -0.940. The fraction of sp³-hybridized carbons (Fsp3) is 0.455. The maximum Gasteiger partial charge on any atom is 0.270 e. The molecule has 0 atom stereocenters. The van der Waals surface area contributed by atoms with Crippen molar-refractivity contribution in [1.82, 2.24) is 0 Å². The number of hydrogen-bond acceptors (Lipinski definition) is 3. The van der Waals surface area contributed by atoms with Crippen LogP contribution >= 0.6 is 15.9 Å². The average Bonchev–Trinajstić information content (AvgIpc) is 2.98. The summed E-state index contributed by atoms with van der Waals surface area (Å²) in [5.74, 6) is 0. The monoisotopic (exact) mass is 284 g/mol. The van der Waals surface area contributed by atoms with Crippen molar-refractivity contribution >= 4 is 21.6 Å². The van der Waals surface area contributed by atoms with Gasteiger partial charge in [-0.1, -0.05) is 15.9 Å². The molecule has 0 aromatic heterocycles. The number of rotatable bonds is 4. The lowest BCUT2D eigenvalue weighted by Crippen LogP contribution is -2.13. The van der Waals surface area contributed by atoms with Crippen LogP contribution in [0.1, 0.15) is 24.8 Å². The van der Waals surface area contributed by atoms with Gasteiger partial charge in [0.2, 0.25) is 0 Å². The third-order valence-electron chi connectivity index (χ3n) is 3.18. The Morgan fingerprint density at radius 1 is 1.44 bits per heavy atom. The Kier molecular flexibility index (Phi) is 2.99. The molecule has 0 amide bonds. The summed E-state index contributed by atoms with van der Waals surface area (Å²) in [6.07, 6.45) is 3.07. The van der Waals surface area contributed by atoms with E-state index in [0.29, 0.717) is 6.54 Å². The van der Waals surface area contributed by atoms with Crippen molar-refractivity contribution in [2.75, 3.05) is 6.54 Å². The van der Waals surface area contributed by atoms with E-state index >= 15 is 0 Å².